The van der Waals surface area contributed by atoms with Gasteiger partial charge in [0.2, 0.25) is 5.91 Å². The van der Waals surface area contributed by atoms with Crippen LogP contribution in [0.1, 0.15) is 30.0 Å². The summed E-state index contributed by atoms with van der Waals surface area (Å²) in [6.07, 6.45) is 2.98. The van der Waals surface area contributed by atoms with E-state index in [0.717, 1.165) is 46.9 Å². The van der Waals surface area contributed by atoms with Gasteiger partial charge in [-0.25, -0.2) is 4.98 Å². The van der Waals surface area contributed by atoms with E-state index in [1.165, 1.54) is 6.07 Å². The first-order chi connectivity index (χ1) is 18.3. The van der Waals surface area contributed by atoms with Gasteiger partial charge in [0.05, 0.1) is 5.56 Å². The molecule has 6 nitrogen and oxygen atoms in total. The van der Waals surface area contributed by atoms with Crippen LogP contribution in [0, 0.1) is 5.92 Å². The second kappa shape index (κ2) is 10.9. The largest absolute Gasteiger partial charge is 0.416 e. The third-order valence-corrected chi connectivity index (χ3v) is 6.81. The van der Waals surface area contributed by atoms with Gasteiger partial charge < -0.3 is 15.6 Å². The lowest BCUT2D eigenvalue weighted by atomic mass is 9.94. The predicted molar refractivity (Wildman–Crippen MR) is 141 cm³/mol. The van der Waals surface area contributed by atoms with Crippen LogP contribution in [0.5, 0.6) is 0 Å². The van der Waals surface area contributed by atoms with E-state index < -0.39 is 11.7 Å². The maximum absolute atomic E-state index is 13.8. The molecule has 3 aromatic rings. The number of aromatic nitrogens is 2. The number of carbonyl (C=O) groups excluding carboxylic acids is 1. The van der Waals surface area contributed by atoms with Crippen LogP contribution in [0.4, 0.5) is 18.9 Å². The Hall–Kier alpha value is -3.87. The third-order valence-electron chi connectivity index (χ3n) is 6.81. The van der Waals surface area contributed by atoms with Gasteiger partial charge >= 0.3 is 6.18 Å². The van der Waals surface area contributed by atoms with Crippen molar-refractivity contribution in [3.8, 4) is 0 Å². The molecule has 0 saturated carbocycles. The lowest BCUT2D eigenvalue weighted by molar-refractivity contribution is -0.138. The number of benzene rings is 1. The van der Waals surface area contributed by atoms with Crippen molar-refractivity contribution in [1.29, 1.82) is 0 Å². The summed E-state index contributed by atoms with van der Waals surface area (Å²) in [5, 5.41) is 6.83. The third kappa shape index (κ3) is 5.98. The molecule has 0 radical (unpaired) electrons. The van der Waals surface area contributed by atoms with Crippen molar-refractivity contribution >= 4 is 28.2 Å². The van der Waals surface area contributed by atoms with E-state index in [1.807, 2.05) is 42.3 Å². The number of amides is 1. The number of H-pyrrole nitrogens is 1. The number of rotatable bonds is 7. The zero-order valence-corrected chi connectivity index (χ0v) is 21.0. The minimum Gasteiger partial charge on any atom is -0.346 e. The highest BCUT2D eigenvalue weighted by molar-refractivity contribution is 5.91. The van der Waals surface area contributed by atoms with E-state index in [2.05, 4.69) is 32.1 Å². The number of nitrogens with zero attached hydrogens (tertiary/aromatic N) is 2. The minimum atomic E-state index is -4.51. The van der Waals surface area contributed by atoms with E-state index in [9.17, 15) is 18.0 Å². The fourth-order valence-corrected chi connectivity index (χ4v) is 4.71. The normalized spacial score (nSPS) is 16.8. The van der Waals surface area contributed by atoms with Crippen LogP contribution in [0.25, 0.3) is 16.6 Å². The molecule has 3 N–H and O–H groups in total. The van der Waals surface area contributed by atoms with Gasteiger partial charge in [-0.15, -0.1) is 0 Å². The molecular weight excluding hydrogens is 491 g/mol. The van der Waals surface area contributed by atoms with Crippen LogP contribution in [-0.2, 0) is 17.5 Å². The van der Waals surface area contributed by atoms with E-state index in [-0.39, 0.29) is 36.0 Å². The van der Waals surface area contributed by atoms with E-state index in [1.54, 1.807) is 12.3 Å². The molecule has 38 heavy (non-hydrogen) atoms. The summed E-state index contributed by atoms with van der Waals surface area (Å²) in [6, 6.07) is 8.00. The molecule has 1 aliphatic carbocycles. The molecular formula is C29H28F3N5O. The molecule has 1 amide bonds. The Balaban J connectivity index is 1.26. The van der Waals surface area contributed by atoms with Gasteiger partial charge in [-0.2, -0.15) is 13.2 Å². The van der Waals surface area contributed by atoms with E-state index >= 15 is 0 Å². The Morgan fingerprint density at radius 3 is 2.71 bits per heavy atom. The number of fused-ring (bicyclic) bond motifs is 1. The summed E-state index contributed by atoms with van der Waals surface area (Å²) in [6.45, 7) is 5.01. The van der Waals surface area contributed by atoms with E-state index in [0.29, 0.717) is 13.1 Å². The number of alkyl halides is 3. The Kier molecular flexibility index (Phi) is 7.36. The van der Waals surface area contributed by atoms with Crippen molar-refractivity contribution in [2.24, 2.45) is 5.92 Å². The number of hydrogen-bond donors (Lipinski definition) is 3. The van der Waals surface area contributed by atoms with Crippen molar-refractivity contribution in [2.75, 3.05) is 31.5 Å². The van der Waals surface area contributed by atoms with Crippen molar-refractivity contribution in [1.82, 2.24) is 20.2 Å². The molecule has 1 fully saturated rings. The topological polar surface area (TPSA) is 73.1 Å². The molecule has 0 unspecified atom stereocenters. The summed E-state index contributed by atoms with van der Waals surface area (Å²) < 4.78 is 41.4. The fourth-order valence-electron chi connectivity index (χ4n) is 4.71. The molecule has 1 aliphatic heterocycles. The average molecular weight is 520 g/mol. The number of allylic oxidation sites excluding steroid dienone is 4. The van der Waals surface area contributed by atoms with Crippen molar-refractivity contribution in [3.05, 3.63) is 88.6 Å². The van der Waals surface area contributed by atoms with Gasteiger partial charge in [0.15, 0.2) is 0 Å². The van der Waals surface area contributed by atoms with E-state index in [4.69, 9.17) is 0 Å². The van der Waals surface area contributed by atoms with Gasteiger partial charge in [-0.1, -0.05) is 24.5 Å². The molecule has 5 rings (SSSR count). The fraction of sp³-hybridized carbons (Fsp3) is 0.310. The lowest BCUT2D eigenvalue weighted by Gasteiger charge is -2.28. The zero-order valence-electron chi connectivity index (χ0n) is 21.0. The highest BCUT2D eigenvalue weighted by atomic mass is 19.4. The van der Waals surface area contributed by atoms with Gasteiger partial charge in [0, 0.05) is 79.3 Å². The smallest absolute Gasteiger partial charge is 0.346 e. The average Bonchev–Trinajstić information content (AvgIpc) is 3.38. The Morgan fingerprint density at radius 2 is 1.97 bits per heavy atom. The van der Waals surface area contributed by atoms with Crippen LogP contribution in [0.15, 0.2) is 71.9 Å². The maximum Gasteiger partial charge on any atom is 0.416 e. The van der Waals surface area contributed by atoms with Gasteiger partial charge in [-0.3, -0.25) is 9.69 Å². The number of carbonyl (C=O) groups is 1. The Bertz CT molecular complexity index is 1480. The van der Waals surface area contributed by atoms with Crippen LogP contribution in [0.3, 0.4) is 0 Å². The van der Waals surface area contributed by atoms with Gasteiger partial charge in [0.1, 0.15) is 5.65 Å². The molecule has 2 aromatic heterocycles. The monoisotopic (exact) mass is 519 g/mol. The molecule has 2 aliphatic rings. The molecule has 3 heterocycles. The minimum absolute atomic E-state index is 0.102. The number of pyridine rings is 1. The first-order valence-electron chi connectivity index (χ1n) is 12.6. The molecule has 1 saturated heterocycles. The van der Waals surface area contributed by atoms with Crippen molar-refractivity contribution in [3.63, 3.8) is 0 Å². The quantitative estimate of drug-likeness (QED) is 0.371. The summed E-state index contributed by atoms with van der Waals surface area (Å²) in [4.78, 5) is 22.2. The molecule has 1 atom stereocenters. The molecule has 0 spiro atoms. The Labute approximate surface area is 218 Å². The number of nitrogens with one attached hydrogen (secondary N) is 3. The lowest BCUT2D eigenvalue weighted by Crippen LogP contribution is -2.43. The number of aromatic amines is 1. The molecule has 0 bridgehead atoms. The Morgan fingerprint density at radius 1 is 1.16 bits per heavy atom. The highest BCUT2D eigenvalue weighted by Gasteiger charge is 2.34. The summed E-state index contributed by atoms with van der Waals surface area (Å²) in [5.41, 5.74) is 9.24. The van der Waals surface area contributed by atoms with Crippen molar-refractivity contribution < 1.29 is 18.0 Å². The number of anilines is 1. The number of hydrogen-bond acceptors (Lipinski definition) is 4. The second-order valence-corrected chi connectivity index (χ2v) is 9.64. The zero-order chi connectivity index (χ0) is 26.7. The summed E-state index contributed by atoms with van der Waals surface area (Å²) in [7, 11) is 0. The van der Waals surface area contributed by atoms with Crippen LogP contribution >= 0.6 is 0 Å². The van der Waals surface area contributed by atoms with Gasteiger partial charge in [-0.05, 0) is 47.9 Å². The van der Waals surface area contributed by atoms with Crippen molar-refractivity contribution in [2.45, 2.75) is 26.1 Å². The maximum atomic E-state index is 13.8. The standard InChI is InChI=1S/C29H28F3N5O/c1-19(20-2-4-21(5-3-20)24-15-22-8-9-34-28(22)35-17-24)14-27(38)36-25-7-6-23(26(16-25)29(30,31)32)18-37-12-10-33-11-13-37/h2,4,6-9,15-17,19,33H,10-14,18H2,1H3,(H,34,35)(H,36,38)/t19-/m1/s1. The predicted octanol–water partition coefficient (Wildman–Crippen LogP) is 5.29. The SMILES string of the molecule is C[C@H](CC(=O)Nc1ccc(CN2CCNCC2)c(C(F)(F)F)c1)C1=C=C=C(c2cnc3[nH]ccc3c2)C=C1. The number of piperazine rings is 1. The van der Waals surface area contributed by atoms with Crippen LogP contribution in [-0.4, -0.2) is 47.0 Å². The van der Waals surface area contributed by atoms with Crippen LogP contribution < -0.4 is 10.6 Å². The summed E-state index contributed by atoms with van der Waals surface area (Å²) in [5.74, 6) is -0.556. The molecule has 9 heteroatoms. The molecule has 196 valence electrons. The number of halogens is 3. The molecule has 1 aromatic carbocycles. The summed E-state index contributed by atoms with van der Waals surface area (Å²) >= 11 is 0. The first-order valence-corrected chi connectivity index (χ1v) is 12.6. The highest BCUT2D eigenvalue weighted by Crippen LogP contribution is 2.35. The first kappa shape index (κ1) is 25.8. The van der Waals surface area contributed by atoms with Crippen LogP contribution in [0.2, 0.25) is 0 Å². The second-order valence-electron chi connectivity index (χ2n) is 9.64. The van der Waals surface area contributed by atoms with Gasteiger partial charge in [0.25, 0.3) is 0 Å².